The standard InChI is InChI=1S/C16H34.H3O4P/c1-3-5-7-9-11-13-15-16-14-12-10-8-6-4-2;1-5(2,3)4/h3-16H2,1-2H3;(H3,1,2,3,4). The largest absolute Gasteiger partial charge is 0.466 e. The number of hydrogen-bond donors (Lipinski definition) is 3. The maximum Gasteiger partial charge on any atom is 0.466 e. The van der Waals surface area contributed by atoms with Gasteiger partial charge in [0, 0.05) is 0 Å². The van der Waals surface area contributed by atoms with Crippen LogP contribution < -0.4 is 0 Å². The summed E-state index contributed by atoms with van der Waals surface area (Å²) in [5.41, 5.74) is 0. The van der Waals surface area contributed by atoms with Crippen molar-refractivity contribution in [2.75, 3.05) is 0 Å². The number of unbranched alkanes of at least 4 members (excludes halogenated alkanes) is 13. The van der Waals surface area contributed by atoms with Crippen molar-refractivity contribution in [1.29, 1.82) is 0 Å². The summed E-state index contributed by atoms with van der Waals surface area (Å²) in [7, 11) is -4.64. The van der Waals surface area contributed by atoms with E-state index in [1.165, 1.54) is 89.9 Å². The van der Waals surface area contributed by atoms with E-state index in [2.05, 4.69) is 13.8 Å². The van der Waals surface area contributed by atoms with Crippen LogP contribution in [0.5, 0.6) is 0 Å². The van der Waals surface area contributed by atoms with E-state index in [0.29, 0.717) is 0 Å². The average Bonchev–Trinajstić information content (AvgIpc) is 2.38. The molecule has 3 N–H and O–H groups in total. The highest BCUT2D eigenvalue weighted by atomic mass is 31.2. The Morgan fingerprint density at radius 1 is 0.524 bits per heavy atom. The first kappa shape index (κ1) is 23.4. The summed E-state index contributed by atoms with van der Waals surface area (Å²) in [5, 5.41) is 0. The van der Waals surface area contributed by atoms with Gasteiger partial charge in [-0.1, -0.05) is 104 Å². The lowest BCUT2D eigenvalue weighted by Gasteiger charge is -2.02. The van der Waals surface area contributed by atoms with Crippen LogP contribution in [0.4, 0.5) is 0 Å². The molecule has 0 unspecified atom stereocenters. The zero-order valence-corrected chi connectivity index (χ0v) is 15.0. The van der Waals surface area contributed by atoms with Crippen LogP contribution in [0.25, 0.3) is 0 Å². The van der Waals surface area contributed by atoms with Crippen LogP contribution in [-0.4, -0.2) is 14.7 Å². The molecule has 0 saturated heterocycles. The van der Waals surface area contributed by atoms with Crippen LogP contribution in [0, 0.1) is 0 Å². The topological polar surface area (TPSA) is 77.8 Å². The Hall–Kier alpha value is 0.110. The normalized spacial score (nSPS) is 11.1. The Morgan fingerprint density at radius 2 is 0.667 bits per heavy atom. The highest BCUT2D eigenvalue weighted by molar-refractivity contribution is 7.45. The van der Waals surface area contributed by atoms with Gasteiger partial charge in [-0.25, -0.2) is 4.57 Å². The Morgan fingerprint density at radius 3 is 0.810 bits per heavy atom. The average molecular weight is 324 g/mol. The van der Waals surface area contributed by atoms with Crippen molar-refractivity contribution in [2.24, 2.45) is 0 Å². The van der Waals surface area contributed by atoms with Crippen molar-refractivity contribution >= 4 is 7.82 Å². The molecule has 0 atom stereocenters. The van der Waals surface area contributed by atoms with Gasteiger partial charge in [-0.15, -0.1) is 0 Å². The zero-order chi connectivity index (χ0) is 16.4. The van der Waals surface area contributed by atoms with Gasteiger partial charge in [0.15, 0.2) is 0 Å². The SMILES string of the molecule is CCCCCCCCCCCCCCCC.O=P(O)(O)O. The molecule has 0 radical (unpaired) electrons. The van der Waals surface area contributed by atoms with Crippen LogP contribution in [0.1, 0.15) is 104 Å². The molecule has 0 bridgehead atoms. The van der Waals surface area contributed by atoms with Gasteiger partial charge in [-0.05, 0) is 0 Å². The van der Waals surface area contributed by atoms with Crippen molar-refractivity contribution in [3.05, 3.63) is 0 Å². The molecule has 0 amide bonds. The summed E-state index contributed by atoms with van der Waals surface area (Å²) in [6.07, 6.45) is 20.4. The number of phosphoric acid groups is 1. The lowest BCUT2D eigenvalue weighted by molar-refractivity contribution is 0.275. The van der Waals surface area contributed by atoms with Gasteiger partial charge in [-0.2, -0.15) is 0 Å². The second kappa shape index (κ2) is 18.2. The fraction of sp³-hybridized carbons (Fsp3) is 1.00. The molecule has 0 saturated carbocycles. The van der Waals surface area contributed by atoms with Crippen molar-refractivity contribution in [2.45, 2.75) is 104 Å². The fourth-order valence-electron chi connectivity index (χ4n) is 2.27. The summed E-state index contributed by atoms with van der Waals surface area (Å²) < 4.78 is 8.88. The Labute approximate surface area is 131 Å². The van der Waals surface area contributed by atoms with Crippen LogP contribution in [-0.2, 0) is 4.57 Å². The third kappa shape index (κ3) is 38.4. The van der Waals surface area contributed by atoms with Crippen LogP contribution >= 0.6 is 7.82 Å². The molecule has 5 heteroatoms. The van der Waals surface area contributed by atoms with E-state index in [9.17, 15) is 0 Å². The molecule has 0 heterocycles. The van der Waals surface area contributed by atoms with Gasteiger partial charge in [0.2, 0.25) is 0 Å². The monoisotopic (exact) mass is 324 g/mol. The van der Waals surface area contributed by atoms with E-state index in [-0.39, 0.29) is 0 Å². The van der Waals surface area contributed by atoms with Gasteiger partial charge in [0.25, 0.3) is 0 Å². The molecule has 0 rings (SSSR count). The smallest absolute Gasteiger partial charge is 0.303 e. The Balaban J connectivity index is 0. The van der Waals surface area contributed by atoms with Gasteiger partial charge < -0.3 is 14.7 Å². The molecule has 130 valence electrons. The van der Waals surface area contributed by atoms with E-state index in [1.807, 2.05) is 0 Å². The van der Waals surface area contributed by atoms with E-state index in [4.69, 9.17) is 19.2 Å². The summed E-state index contributed by atoms with van der Waals surface area (Å²) in [5.74, 6) is 0. The molecule has 0 aliphatic carbocycles. The molecule has 0 aliphatic heterocycles. The van der Waals surface area contributed by atoms with Crippen molar-refractivity contribution < 1.29 is 19.2 Å². The van der Waals surface area contributed by atoms with Gasteiger partial charge in [-0.3, -0.25) is 0 Å². The predicted octanol–water partition coefficient (Wildman–Crippen LogP) is 5.56. The molecule has 0 fully saturated rings. The van der Waals surface area contributed by atoms with Crippen molar-refractivity contribution in [1.82, 2.24) is 0 Å². The van der Waals surface area contributed by atoms with Gasteiger partial charge in [0.1, 0.15) is 0 Å². The molecule has 0 aromatic carbocycles. The Kier molecular flexibility index (Phi) is 20.2. The van der Waals surface area contributed by atoms with Crippen LogP contribution in [0.3, 0.4) is 0 Å². The maximum absolute atomic E-state index is 8.88. The number of rotatable bonds is 13. The third-order valence-electron chi connectivity index (χ3n) is 3.46. The summed E-state index contributed by atoms with van der Waals surface area (Å²) in [6, 6.07) is 0. The molecule has 0 spiro atoms. The minimum Gasteiger partial charge on any atom is -0.303 e. The van der Waals surface area contributed by atoms with Crippen molar-refractivity contribution in [3.63, 3.8) is 0 Å². The van der Waals surface area contributed by atoms with Crippen LogP contribution in [0.15, 0.2) is 0 Å². The van der Waals surface area contributed by atoms with E-state index >= 15 is 0 Å². The lowest BCUT2D eigenvalue weighted by atomic mass is 10.0. The molecule has 21 heavy (non-hydrogen) atoms. The summed E-state index contributed by atoms with van der Waals surface area (Å²) in [6.45, 7) is 4.58. The summed E-state index contributed by atoms with van der Waals surface area (Å²) in [4.78, 5) is 21.6. The second-order valence-corrected chi connectivity index (χ2v) is 6.78. The van der Waals surface area contributed by atoms with E-state index < -0.39 is 7.82 Å². The van der Waals surface area contributed by atoms with E-state index in [0.717, 1.165) is 0 Å². The van der Waals surface area contributed by atoms with Crippen molar-refractivity contribution in [3.8, 4) is 0 Å². The first-order chi connectivity index (χ1) is 9.91. The predicted molar refractivity (Wildman–Crippen MR) is 90.2 cm³/mol. The molecule has 4 nitrogen and oxygen atoms in total. The maximum atomic E-state index is 8.88. The first-order valence-corrected chi connectivity index (χ1v) is 10.3. The first-order valence-electron chi connectivity index (χ1n) is 8.70. The fourth-order valence-corrected chi connectivity index (χ4v) is 2.27. The van der Waals surface area contributed by atoms with Gasteiger partial charge >= 0.3 is 7.82 Å². The quantitative estimate of drug-likeness (QED) is 0.306. The molecule has 0 aromatic rings. The minimum absolute atomic E-state index is 1.37. The van der Waals surface area contributed by atoms with Crippen LogP contribution in [0.2, 0.25) is 0 Å². The zero-order valence-electron chi connectivity index (χ0n) is 14.1. The minimum atomic E-state index is -4.64. The molecular weight excluding hydrogens is 287 g/mol. The van der Waals surface area contributed by atoms with E-state index in [1.54, 1.807) is 0 Å². The number of hydrogen-bond acceptors (Lipinski definition) is 1. The highest BCUT2D eigenvalue weighted by Crippen LogP contribution is 2.25. The Bertz CT molecular complexity index is 206. The third-order valence-corrected chi connectivity index (χ3v) is 3.46. The second-order valence-electron chi connectivity index (χ2n) is 5.76. The molecule has 0 aromatic heterocycles. The highest BCUT2D eigenvalue weighted by Gasteiger charge is 2.00. The molecular formula is C16H37O4P. The summed E-state index contributed by atoms with van der Waals surface area (Å²) >= 11 is 0. The molecule has 0 aliphatic rings. The lowest BCUT2D eigenvalue weighted by Crippen LogP contribution is -1.82. The van der Waals surface area contributed by atoms with Gasteiger partial charge in [0.05, 0.1) is 0 Å².